The Balaban J connectivity index is 2.62. The van der Waals surface area contributed by atoms with Crippen LogP contribution in [0.1, 0.15) is 5.82 Å². The van der Waals surface area contributed by atoms with E-state index >= 15 is 0 Å². The summed E-state index contributed by atoms with van der Waals surface area (Å²) >= 11 is 3.48. The minimum atomic E-state index is 0.747. The second kappa shape index (κ2) is 3.46. The first-order valence-corrected chi connectivity index (χ1v) is 5.03. The van der Waals surface area contributed by atoms with E-state index in [-0.39, 0.29) is 0 Å². The van der Waals surface area contributed by atoms with Gasteiger partial charge in [0, 0.05) is 22.6 Å². The number of hydrogen-bond donors (Lipinski definition) is 1. The molecular weight excluding hydrogens is 242 g/mol. The van der Waals surface area contributed by atoms with Crippen molar-refractivity contribution in [3.8, 4) is 5.69 Å². The Labute approximate surface area is 90.7 Å². The smallest absolute Gasteiger partial charge is 0.110 e. The van der Waals surface area contributed by atoms with Crippen LogP contribution >= 0.6 is 15.9 Å². The van der Waals surface area contributed by atoms with Crippen LogP contribution in [-0.4, -0.2) is 9.55 Å². The van der Waals surface area contributed by atoms with Gasteiger partial charge in [-0.25, -0.2) is 4.98 Å². The van der Waals surface area contributed by atoms with Crippen LogP contribution in [0, 0.1) is 6.92 Å². The van der Waals surface area contributed by atoms with Crippen LogP contribution in [0.4, 0.5) is 5.69 Å². The highest BCUT2D eigenvalue weighted by Gasteiger charge is 2.04. The SMILES string of the molecule is Cc1nccn1-c1cc(N)ccc1Br. The van der Waals surface area contributed by atoms with Gasteiger partial charge in [0.2, 0.25) is 0 Å². The van der Waals surface area contributed by atoms with E-state index in [2.05, 4.69) is 20.9 Å². The van der Waals surface area contributed by atoms with Gasteiger partial charge in [0.15, 0.2) is 0 Å². The lowest BCUT2D eigenvalue weighted by Crippen LogP contribution is -1.98. The van der Waals surface area contributed by atoms with Gasteiger partial charge in [0.05, 0.1) is 5.69 Å². The third-order valence-corrected chi connectivity index (χ3v) is 2.73. The van der Waals surface area contributed by atoms with Gasteiger partial charge in [0.1, 0.15) is 5.82 Å². The van der Waals surface area contributed by atoms with Gasteiger partial charge in [0.25, 0.3) is 0 Å². The zero-order valence-corrected chi connectivity index (χ0v) is 9.32. The maximum atomic E-state index is 5.73. The average molecular weight is 252 g/mol. The number of imidazole rings is 1. The largest absolute Gasteiger partial charge is 0.399 e. The molecule has 3 nitrogen and oxygen atoms in total. The standard InChI is InChI=1S/C10H10BrN3/c1-7-13-4-5-14(7)10-6-8(12)2-3-9(10)11/h2-6H,12H2,1H3. The number of aryl methyl sites for hydroxylation is 1. The lowest BCUT2D eigenvalue weighted by Gasteiger charge is -2.08. The number of nitrogens with two attached hydrogens (primary N) is 1. The van der Waals surface area contributed by atoms with Crippen molar-refractivity contribution in [2.45, 2.75) is 6.92 Å². The maximum Gasteiger partial charge on any atom is 0.110 e. The summed E-state index contributed by atoms with van der Waals surface area (Å²) in [4.78, 5) is 4.17. The third-order valence-electron chi connectivity index (χ3n) is 2.06. The Bertz CT molecular complexity index is 462. The first-order chi connectivity index (χ1) is 6.68. The van der Waals surface area contributed by atoms with Crippen molar-refractivity contribution >= 4 is 21.6 Å². The molecule has 0 fully saturated rings. The average Bonchev–Trinajstić information content (AvgIpc) is 2.56. The van der Waals surface area contributed by atoms with Crippen LogP contribution < -0.4 is 5.73 Å². The predicted octanol–water partition coefficient (Wildman–Crippen LogP) is 2.53. The van der Waals surface area contributed by atoms with Crippen molar-refractivity contribution in [3.63, 3.8) is 0 Å². The van der Waals surface area contributed by atoms with E-state index in [1.807, 2.05) is 35.9 Å². The molecule has 0 radical (unpaired) electrons. The molecule has 0 unspecified atom stereocenters. The summed E-state index contributed by atoms with van der Waals surface area (Å²) in [5, 5.41) is 0. The Morgan fingerprint density at radius 3 is 2.86 bits per heavy atom. The van der Waals surface area contributed by atoms with Crippen LogP contribution in [0.25, 0.3) is 5.69 Å². The summed E-state index contributed by atoms with van der Waals surface area (Å²) < 4.78 is 2.99. The minimum Gasteiger partial charge on any atom is -0.399 e. The summed E-state index contributed by atoms with van der Waals surface area (Å²) in [6, 6.07) is 5.71. The van der Waals surface area contributed by atoms with E-state index in [1.165, 1.54) is 0 Å². The first-order valence-electron chi connectivity index (χ1n) is 4.24. The van der Waals surface area contributed by atoms with Gasteiger partial charge in [-0.2, -0.15) is 0 Å². The number of rotatable bonds is 1. The Hall–Kier alpha value is -1.29. The quantitative estimate of drug-likeness (QED) is 0.792. The van der Waals surface area contributed by atoms with Crippen molar-refractivity contribution in [2.24, 2.45) is 0 Å². The molecule has 0 atom stereocenters. The van der Waals surface area contributed by atoms with Crippen molar-refractivity contribution in [3.05, 3.63) is 40.9 Å². The van der Waals surface area contributed by atoms with Crippen LogP contribution in [0.5, 0.6) is 0 Å². The molecule has 0 saturated carbocycles. The second-order valence-corrected chi connectivity index (χ2v) is 3.91. The Kier molecular flexibility index (Phi) is 2.29. The fourth-order valence-electron chi connectivity index (χ4n) is 1.35. The van der Waals surface area contributed by atoms with Crippen molar-refractivity contribution < 1.29 is 0 Å². The van der Waals surface area contributed by atoms with Gasteiger partial charge in [-0.05, 0) is 41.1 Å². The molecule has 2 rings (SSSR count). The molecule has 0 saturated heterocycles. The zero-order chi connectivity index (χ0) is 10.1. The minimum absolute atomic E-state index is 0.747. The second-order valence-electron chi connectivity index (χ2n) is 3.06. The molecule has 1 heterocycles. The maximum absolute atomic E-state index is 5.73. The van der Waals surface area contributed by atoms with Gasteiger partial charge >= 0.3 is 0 Å². The van der Waals surface area contributed by atoms with Crippen LogP contribution in [0.2, 0.25) is 0 Å². The van der Waals surface area contributed by atoms with E-state index < -0.39 is 0 Å². The molecule has 0 aliphatic carbocycles. The van der Waals surface area contributed by atoms with Crippen LogP contribution in [0.15, 0.2) is 35.1 Å². The molecule has 72 valence electrons. The molecular formula is C10H10BrN3. The van der Waals surface area contributed by atoms with E-state index in [9.17, 15) is 0 Å². The summed E-state index contributed by atoms with van der Waals surface area (Å²) in [6.07, 6.45) is 3.68. The normalized spacial score (nSPS) is 10.4. The number of halogens is 1. The molecule has 0 aliphatic heterocycles. The lowest BCUT2D eigenvalue weighted by atomic mass is 10.3. The van der Waals surface area contributed by atoms with Gasteiger partial charge in [-0.15, -0.1) is 0 Å². The molecule has 0 amide bonds. The van der Waals surface area contributed by atoms with E-state index in [4.69, 9.17) is 5.73 Å². The molecule has 14 heavy (non-hydrogen) atoms. The Morgan fingerprint density at radius 2 is 2.21 bits per heavy atom. The molecule has 4 heteroatoms. The van der Waals surface area contributed by atoms with E-state index in [0.717, 1.165) is 21.7 Å². The summed E-state index contributed by atoms with van der Waals surface area (Å²) in [6.45, 7) is 1.95. The predicted molar refractivity (Wildman–Crippen MR) is 60.4 cm³/mol. The molecule has 1 aromatic carbocycles. The molecule has 0 aliphatic rings. The van der Waals surface area contributed by atoms with E-state index in [1.54, 1.807) is 6.20 Å². The van der Waals surface area contributed by atoms with Crippen LogP contribution in [0.3, 0.4) is 0 Å². The molecule has 1 aromatic heterocycles. The fraction of sp³-hybridized carbons (Fsp3) is 0.100. The summed E-state index contributed by atoms with van der Waals surface area (Å²) in [7, 11) is 0. The fourth-order valence-corrected chi connectivity index (χ4v) is 1.78. The van der Waals surface area contributed by atoms with Crippen molar-refractivity contribution in [1.82, 2.24) is 9.55 Å². The number of anilines is 1. The Morgan fingerprint density at radius 1 is 1.43 bits per heavy atom. The van der Waals surface area contributed by atoms with Crippen molar-refractivity contribution in [2.75, 3.05) is 5.73 Å². The zero-order valence-electron chi connectivity index (χ0n) is 7.74. The van der Waals surface area contributed by atoms with Gasteiger partial charge in [-0.3, -0.25) is 0 Å². The lowest BCUT2D eigenvalue weighted by molar-refractivity contribution is 0.970. The highest BCUT2D eigenvalue weighted by Crippen LogP contribution is 2.24. The molecule has 2 aromatic rings. The molecule has 0 bridgehead atoms. The monoisotopic (exact) mass is 251 g/mol. The highest BCUT2D eigenvalue weighted by molar-refractivity contribution is 9.10. The number of nitrogens with zero attached hydrogens (tertiary/aromatic N) is 2. The number of benzene rings is 1. The molecule has 0 spiro atoms. The molecule has 2 N–H and O–H groups in total. The number of nitrogen functional groups attached to an aromatic ring is 1. The first kappa shape index (κ1) is 9.27. The topological polar surface area (TPSA) is 43.8 Å². The number of aromatic nitrogens is 2. The summed E-state index contributed by atoms with van der Waals surface area (Å²) in [5.74, 6) is 0.941. The van der Waals surface area contributed by atoms with Gasteiger partial charge < -0.3 is 10.3 Å². The van der Waals surface area contributed by atoms with Crippen LogP contribution in [-0.2, 0) is 0 Å². The number of hydrogen-bond acceptors (Lipinski definition) is 2. The highest BCUT2D eigenvalue weighted by atomic mass is 79.9. The van der Waals surface area contributed by atoms with Gasteiger partial charge in [-0.1, -0.05) is 0 Å². The van der Waals surface area contributed by atoms with E-state index in [0.29, 0.717) is 0 Å². The third kappa shape index (κ3) is 1.53. The summed E-state index contributed by atoms with van der Waals surface area (Å²) in [5.41, 5.74) is 7.49. The van der Waals surface area contributed by atoms with Crippen molar-refractivity contribution in [1.29, 1.82) is 0 Å².